The average Bonchev–Trinajstić information content (AvgIpc) is 2.35. The van der Waals surface area contributed by atoms with Gasteiger partial charge in [0.2, 0.25) is 0 Å². The molecular formula is C18H31NO. The van der Waals surface area contributed by atoms with Crippen molar-refractivity contribution < 1.29 is 4.74 Å². The lowest BCUT2D eigenvalue weighted by Gasteiger charge is -2.20. The Morgan fingerprint density at radius 2 is 1.55 bits per heavy atom. The van der Waals surface area contributed by atoms with Crippen LogP contribution in [0.5, 0.6) is 0 Å². The Morgan fingerprint density at radius 3 is 2.05 bits per heavy atom. The van der Waals surface area contributed by atoms with Gasteiger partial charge in [0.1, 0.15) is 0 Å². The monoisotopic (exact) mass is 277 g/mol. The predicted octanol–water partition coefficient (Wildman–Crippen LogP) is 4.18. The standard InChI is InChI=1S/C18H31NO/c1-14(2)15(3)20-13-17-9-7-16(8-10-17)11-12-19-18(4,5)6/h7-10,14-15,19H,11-13H2,1-6H3. The fraction of sp³-hybridized carbons (Fsp3) is 0.667. The first-order chi connectivity index (χ1) is 9.28. The molecule has 1 atom stereocenters. The number of nitrogens with one attached hydrogen (secondary N) is 1. The zero-order valence-corrected chi connectivity index (χ0v) is 14.0. The third-order valence-electron chi connectivity index (χ3n) is 3.54. The van der Waals surface area contributed by atoms with Gasteiger partial charge < -0.3 is 10.1 Å². The maximum absolute atomic E-state index is 5.84. The van der Waals surface area contributed by atoms with E-state index in [9.17, 15) is 0 Å². The fourth-order valence-corrected chi connectivity index (χ4v) is 1.80. The normalized spacial score (nSPS) is 13.8. The lowest BCUT2D eigenvalue weighted by atomic mass is 10.1. The summed E-state index contributed by atoms with van der Waals surface area (Å²) >= 11 is 0. The van der Waals surface area contributed by atoms with Crippen molar-refractivity contribution in [1.29, 1.82) is 0 Å². The molecule has 0 heterocycles. The van der Waals surface area contributed by atoms with Crippen molar-refractivity contribution in [2.24, 2.45) is 5.92 Å². The molecule has 0 radical (unpaired) electrons. The highest BCUT2D eigenvalue weighted by molar-refractivity contribution is 5.22. The molecule has 1 aromatic rings. The molecule has 2 heteroatoms. The Balaban J connectivity index is 2.37. The topological polar surface area (TPSA) is 21.3 Å². The van der Waals surface area contributed by atoms with Crippen LogP contribution in [0.15, 0.2) is 24.3 Å². The van der Waals surface area contributed by atoms with E-state index in [4.69, 9.17) is 4.74 Å². The molecule has 0 aromatic heterocycles. The lowest BCUT2D eigenvalue weighted by molar-refractivity contribution is 0.0235. The van der Waals surface area contributed by atoms with Crippen molar-refractivity contribution in [2.75, 3.05) is 6.54 Å². The van der Waals surface area contributed by atoms with Crippen LogP contribution in [-0.2, 0) is 17.8 Å². The molecule has 0 bridgehead atoms. The van der Waals surface area contributed by atoms with Gasteiger partial charge in [-0.25, -0.2) is 0 Å². The van der Waals surface area contributed by atoms with Crippen molar-refractivity contribution in [1.82, 2.24) is 5.32 Å². The van der Waals surface area contributed by atoms with Crippen molar-refractivity contribution in [3.05, 3.63) is 35.4 Å². The molecule has 2 nitrogen and oxygen atoms in total. The average molecular weight is 277 g/mol. The number of rotatable bonds is 7. The van der Waals surface area contributed by atoms with Gasteiger partial charge in [0.25, 0.3) is 0 Å². The van der Waals surface area contributed by atoms with Crippen LogP contribution in [0.2, 0.25) is 0 Å². The minimum atomic E-state index is 0.195. The van der Waals surface area contributed by atoms with E-state index in [0.717, 1.165) is 13.0 Å². The second-order valence-electron chi connectivity index (χ2n) is 7.00. The van der Waals surface area contributed by atoms with Crippen LogP contribution in [0.1, 0.15) is 52.7 Å². The minimum absolute atomic E-state index is 0.195. The molecule has 1 rings (SSSR count). The molecule has 0 saturated carbocycles. The third-order valence-corrected chi connectivity index (χ3v) is 3.54. The van der Waals surface area contributed by atoms with Gasteiger partial charge in [0, 0.05) is 5.54 Å². The van der Waals surface area contributed by atoms with Gasteiger partial charge in [-0.1, -0.05) is 38.1 Å². The summed E-state index contributed by atoms with van der Waals surface area (Å²) in [5, 5.41) is 3.51. The van der Waals surface area contributed by atoms with Crippen LogP contribution in [0.4, 0.5) is 0 Å². The quantitative estimate of drug-likeness (QED) is 0.807. The van der Waals surface area contributed by atoms with Crippen molar-refractivity contribution >= 4 is 0 Å². The highest BCUT2D eigenvalue weighted by atomic mass is 16.5. The number of hydrogen-bond donors (Lipinski definition) is 1. The van der Waals surface area contributed by atoms with E-state index in [1.54, 1.807) is 0 Å². The van der Waals surface area contributed by atoms with Crippen LogP contribution < -0.4 is 5.32 Å². The van der Waals surface area contributed by atoms with Crippen molar-refractivity contribution in [2.45, 2.75) is 66.2 Å². The molecule has 1 unspecified atom stereocenters. The lowest BCUT2D eigenvalue weighted by Crippen LogP contribution is -2.37. The van der Waals surface area contributed by atoms with E-state index in [2.05, 4.69) is 71.1 Å². The Kier molecular flexibility index (Phi) is 6.70. The summed E-state index contributed by atoms with van der Waals surface area (Å²) < 4.78 is 5.84. The Morgan fingerprint density at radius 1 is 1.00 bits per heavy atom. The van der Waals surface area contributed by atoms with Gasteiger partial charge in [-0.15, -0.1) is 0 Å². The first-order valence-electron chi connectivity index (χ1n) is 7.72. The van der Waals surface area contributed by atoms with Crippen LogP contribution in [0.3, 0.4) is 0 Å². The van der Waals surface area contributed by atoms with E-state index in [1.165, 1.54) is 11.1 Å². The third kappa shape index (κ3) is 7.06. The summed E-state index contributed by atoms with van der Waals surface area (Å²) in [6.07, 6.45) is 1.38. The van der Waals surface area contributed by atoms with Crippen LogP contribution in [-0.4, -0.2) is 18.2 Å². The molecule has 0 fully saturated rings. The van der Waals surface area contributed by atoms with E-state index in [1.807, 2.05) is 0 Å². The summed E-state index contributed by atoms with van der Waals surface area (Å²) in [6, 6.07) is 8.78. The SMILES string of the molecule is CC(C)C(C)OCc1ccc(CCNC(C)(C)C)cc1. The number of hydrogen-bond acceptors (Lipinski definition) is 2. The molecule has 114 valence electrons. The largest absolute Gasteiger partial charge is 0.374 e. The second kappa shape index (κ2) is 7.80. The Bertz CT molecular complexity index is 375. The van der Waals surface area contributed by atoms with Crippen LogP contribution in [0, 0.1) is 5.92 Å². The van der Waals surface area contributed by atoms with Crippen molar-refractivity contribution in [3.8, 4) is 0 Å². The van der Waals surface area contributed by atoms with Gasteiger partial charge in [-0.2, -0.15) is 0 Å². The van der Waals surface area contributed by atoms with E-state index >= 15 is 0 Å². The summed E-state index contributed by atoms with van der Waals surface area (Å²) in [4.78, 5) is 0. The number of ether oxygens (including phenoxy) is 1. The number of benzene rings is 1. The maximum atomic E-state index is 5.84. The summed E-state index contributed by atoms with van der Waals surface area (Å²) in [5.74, 6) is 0.567. The highest BCUT2D eigenvalue weighted by Gasteiger charge is 2.08. The van der Waals surface area contributed by atoms with Crippen LogP contribution >= 0.6 is 0 Å². The van der Waals surface area contributed by atoms with Crippen molar-refractivity contribution in [3.63, 3.8) is 0 Å². The summed E-state index contributed by atoms with van der Waals surface area (Å²) in [6.45, 7) is 14.8. The molecule has 1 N–H and O–H groups in total. The Labute approximate surface area is 124 Å². The fourth-order valence-electron chi connectivity index (χ4n) is 1.80. The molecule has 0 saturated heterocycles. The van der Waals surface area contributed by atoms with Gasteiger partial charge >= 0.3 is 0 Å². The maximum Gasteiger partial charge on any atom is 0.0720 e. The van der Waals surface area contributed by atoms with Gasteiger partial charge in [-0.05, 0) is 57.7 Å². The van der Waals surface area contributed by atoms with E-state index in [0.29, 0.717) is 18.6 Å². The second-order valence-corrected chi connectivity index (χ2v) is 7.00. The summed E-state index contributed by atoms with van der Waals surface area (Å²) in [7, 11) is 0. The molecule has 0 aliphatic carbocycles. The van der Waals surface area contributed by atoms with Gasteiger partial charge in [0.15, 0.2) is 0 Å². The van der Waals surface area contributed by atoms with E-state index < -0.39 is 0 Å². The molecule has 0 aliphatic rings. The summed E-state index contributed by atoms with van der Waals surface area (Å²) in [5.41, 5.74) is 2.83. The Hall–Kier alpha value is -0.860. The molecule has 20 heavy (non-hydrogen) atoms. The zero-order valence-electron chi connectivity index (χ0n) is 14.0. The first-order valence-corrected chi connectivity index (χ1v) is 7.72. The molecular weight excluding hydrogens is 246 g/mol. The molecule has 1 aromatic carbocycles. The highest BCUT2D eigenvalue weighted by Crippen LogP contribution is 2.11. The zero-order chi connectivity index (χ0) is 15.2. The van der Waals surface area contributed by atoms with Crippen LogP contribution in [0.25, 0.3) is 0 Å². The molecule has 0 aliphatic heterocycles. The molecule has 0 spiro atoms. The first kappa shape index (κ1) is 17.2. The smallest absolute Gasteiger partial charge is 0.0720 e. The van der Waals surface area contributed by atoms with Gasteiger partial charge in [-0.3, -0.25) is 0 Å². The van der Waals surface area contributed by atoms with E-state index in [-0.39, 0.29) is 5.54 Å². The molecule has 0 amide bonds. The minimum Gasteiger partial charge on any atom is -0.374 e. The predicted molar refractivity (Wildman–Crippen MR) is 87.0 cm³/mol. The van der Waals surface area contributed by atoms with Gasteiger partial charge in [0.05, 0.1) is 12.7 Å².